The van der Waals surface area contributed by atoms with Gasteiger partial charge in [0.1, 0.15) is 30.0 Å². The molecular weight excluding hydrogens is 382 g/mol. The van der Waals surface area contributed by atoms with Gasteiger partial charge in [0, 0.05) is 24.0 Å². The van der Waals surface area contributed by atoms with Gasteiger partial charge in [-0.05, 0) is 44.5 Å². The zero-order chi connectivity index (χ0) is 21.3. The van der Waals surface area contributed by atoms with E-state index in [4.69, 9.17) is 9.47 Å². The molecule has 152 valence electrons. The first-order valence-electron chi connectivity index (χ1n) is 9.49. The maximum absolute atomic E-state index is 12.2. The molecule has 8 heteroatoms. The number of rotatable bonds is 5. The van der Waals surface area contributed by atoms with Crippen LogP contribution in [0, 0.1) is 18.3 Å². The molecule has 2 aromatic heterocycles. The summed E-state index contributed by atoms with van der Waals surface area (Å²) in [7, 11) is 0. The topological polar surface area (TPSA) is 102 Å². The molecular formula is C22H21N5O3. The lowest BCUT2D eigenvalue weighted by atomic mass is 10.1. The molecule has 0 fully saturated rings. The van der Waals surface area contributed by atoms with Crippen LogP contribution in [0.1, 0.15) is 30.7 Å². The van der Waals surface area contributed by atoms with Crippen molar-refractivity contribution >= 4 is 5.82 Å². The van der Waals surface area contributed by atoms with Crippen LogP contribution in [0.2, 0.25) is 0 Å². The van der Waals surface area contributed by atoms with Gasteiger partial charge in [0.25, 0.3) is 0 Å². The molecule has 0 saturated heterocycles. The molecule has 1 N–H and O–H groups in total. The molecule has 1 aromatic carbocycles. The zero-order valence-corrected chi connectivity index (χ0v) is 17.0. The molecule has 8 nitrogen and oxygen atoms in total. The van der Waals surface area contributed by atoms with Crippen LogP contribution in [0.25, 0.3) is 0 Å². The number of hydrogen-bond acceptors (Lipinski definition) is 7. The van der Waals surface area contributed by atoms with Gasteiger partial charge in [0.05, 0.1) is 17.6 Å². The van der Waals surface area contributed by atoms with Crippen LogP contribution in [-0.2, 0) is 13.2 Å². The first kappa shape index (κ1) is 19.5. The van der Waals surface area contributed by atoms with E-state index in [1.54, 1.807) is 41.1 Å². The molecule has 3 aromatic rings. The normalized spacial score (nSPS) is 13.8. The molecule has 0 bridgehead atoms. The molecule has 4 rings (SSSR count). The summed E-state index contributed by atoms with van der Waals surface area (Å²) in [4.78, 5) is 20.4. The second-order valence-corrected chi connectivity index (χ2v) is 7.82. The Hall–Kier alpha value is -3.86. The van der Waals surface area contributed by atoms with Gasteiger partial charge in [-0.15, -0.1) is 0 Å². The van der Waals surface area contributed by atoms with Crippen molar-refractivity contribution in [3.8, 4) is 23.4 Å². The van der Waals surface area contributed by atoms with Crippen LogP contribution < -0.4 is 20.5 Å². The minimum absolute atomic E-state index is 0.169. The van der Waals surface area contributed by atoms with Crippen LogP contribution in [-0.4, -0.2) is 20.1 Å². The van der Waals surface area contributed by atoms with Gasteiger partial charge in [-0.25, -0.2) is 4.79 Å². The highest BCUT2D eigenvalue weighted by molar-refractivity contribution is 5.48. The maximum Gasteiger partial charge on any atom is 0.352 e. The first-order chi connectivity index (χ1) is 14.3. The van der Waals surface area contributed by atoms with Gasteiger partial charge in [-0.2, -0.15) is 10.2 Å². The molecule has 30 heavy (non-hydrogen) atoms. The SMILES string of the molecule is Cc1cc(Oc2ccc(COc3cc4n(c(=O)n3)CC(C)(C)N4)cc2C#N)ccn1. The summed E-state index contributed by atoms with van der Waals surface area (Å²) in [6.45, 7) is 6.62. The summed E-state index contributed by atoms with van der Waals surface area (Å²) in [6.07, 6.45) is 1.65. The second-order valence-electron chi connectivity index (χ2n) is 7.82. The number of nitriles is 1. The van der Waals surface area contributed by atoms with E-state index in [0.717, 1.165) is 11.3 Å². The molecule has 1 aliphatic rings. The third-order valence-electron chi connectivity index (χ3n) is 4.65. The first-order valence-corrected chi connectivity index (χ1v) is 9.49. The van der Waals surface area contributed by atoms with Crippen molar-refractivity contribution < 1.29 is 9.47 Å². The van der Waals surface area contributed by atoms with Crippen molar-refractivity contribution in [2.75, 3.05) is 5.32 Å². The number of anilines is 1. The lowest BCUT2D eigenvalue weighted by Crippen LogP contribution is -2.30. The molecule has 0 atom stereocenters. The molecule has 1 aliphatic heterocycles. The number of fused-ring (bicyclic) bond motifs is 1. The number of hydrogen-bond donors (Lipinski definition) is 1. The third-order valence-corrected chi connectivity index (χ3v) is 4.65. The summed E-state index contributed by atoms with van der Waals surface area (Å²) in [5.41, 5.74) is 1.41. The lowest BCUT2D eigenvalue weighted by Gasteiger charge is -2.16. The van der Waals surface area contributed by atoms with Crippen LogP contribution in [0.15, 0.2) is 47.4 Å². The van der Waals surface area contributed by atoms with E-state index < -0.39 is 0 Å². The van der Waals surface area contributed by atoms with E-state index in [9.17, 15) is 10.1 Å². The van der Waals surface area contributed by atoms with Crippen LogP contribution >= 0.6 is 0 Å². The van der Waals surface area contributed by atoms with Crippen LogP contribution in [0.4, 0.5) is 5.82 Å². The number of benzene rings is 1. The molecule has 3 heterocycles. The van der Waals surface area contributed by atoms with Gasteiger partial charge >= 0.3 is 5.69 Å². The Balaban J connectivity index is 1.49. The lowest BCUT2D eigenvalue weighted by molar-refractivity contribution is 0.291. The largest absolute Gasteiger partial charge is 0.473 e. The Morgan fingerprint density at radius 2 is 2.10 bits per heavy atom. The van der Waals surface area contributed by atoms with Crippen molar-refractivity contribution in [2.45, 2.75) is 39.5 Å². The van der Waals surface area contributed by atoms with Gasteiger partial charge in [0.2, 0.25) is 5.88 Å². The van der Waals surface area contributed by atoms with E-state index in [1.165, 1.54) is 0 Å². The van der Waals surface area contributed by atoms with Gasteiger partial charge in [-0.3, -0.25) is 9.55 Å². The Kier molecular flexibility index (Phi) is 4.88. The molecule has 0 unspecified atom stereocenters. The Morgan fingerprint density at radius 1 is 1.27 bits per heavy atom. The second kappa shape index (κ2) is 7.52. The maximum atomic E-state index is 12.2. The number of aryl methyl sites for hydroxylation is 1. The minimum atomic E-state index is -0.352. The summed E-state index contributed by atoms with van der Waals surface area (Å²) in [6, 6.07) is 12.6. The average Bonchev–Trinajstić information content (AvgIpc) is 3.02. The average molecular weight is 403 g/mol. The fraction of sp³-hybridized carbons (Fsp3) is 0.273. The van der Waals surface area contributed by atoms with E-state index in [1.807, 2.05) is 26.8 Å². The predicted molar refractivity (Wildman–Crippen MR) is 111 cm³/mol. The molecule has 0 amide bonds. The van der Waals surface area contributed by atoms with Crippen molar-refractivity contribution in [3.63, 3.8) is 0 Å². The van der Waals surface area contributed by atoms with E-state index >= 15 is 0 Å². The molecule has 0 aliphatic carbocycles. The Bertz CT molecular complexity index is 1210. The molecule has 0 spiro atoms. The van der Waals surface area contributed by atoms with Gasteiger partial charge in [-0.1, -0.05) is 6.07 Å². The number of ether oxygens (including phenoxy) is 2. The molecule has 0 radical (unpaired) electrons. The van der Waals surface area contributed by atoms with E-state index in [0.29, 0.717) is 29.4 Å². The Morgan fingerprint density at radius 3 is 2.87 bits per heavy atom. The summed E-state index contributed by atoms with van der Waals surface area (Å²) < 4.78 is 13.1. The number of pyridine rings is 1. The summed E-state index contributed by atoms with van der Waals surface area (Å²) in [5.74, 6) is 1.99. The third kappa shape index (κ3) is 4.10. The Labute approximate surface area is 173 Å². The fourth-order valence-electron chi connectivity index (χ4n) is 3.31. The fourth-order valence-corrected chi connectivity index (χ4v) is 3.31. The van der Waals surface area contributed by atoms with Crippen molar-refractivity contribution in [3.05, 3.63) is 69.9 Å². The monoisotopic (exact) mass is 403 g/mol. The number of aromatic nitrogens is 3. The smallest absolute Gasteiger partial charge is 0.352 e. The van der Waals surface area contributed by atoms with E-state index in [2.05, 4.69) is 21.4 Å². The van der Waals surface area contributed by atoms with Crippen molar-refractivity contribution in [2.24, 2.45) is 0 Å². The van der Waals surface area contributed by atoms with Crippen LogP contribution in [0.3, 0.4) is 0 Å². The summed E-state index contributed by atoms with van der Waals surface area (Å²) in [5, 5.41) is 12.8. The van der Waals surface area contributed by atoms with Crippen LogP contribution in [0.5, 0.6) is 17.4 Å². The highest BCUT2D eigenvalue weighted by Gasteiger charge is 2.29. The van der Waals surface area contributed by atoms with Gasteiger partial charge < -0.3 is 14.8 Å². The summed E-state index contributed by atoms with van der Waals surface area (Å²) >= 11 is 0. The van der Waals surface area contributed by atoms with Crippen molar-refractivity contribution in [1.29, 1.82) is 5.26 Å². The quantitative estimate of drug-likeness (QED) is 0.696. The van der Waals surface area contributed by atoms with Gasteiger partial charge in [0.15, 0.2) is 0 Å². The minimum Gasteiger partial charge on any atom is -0.473 e. The highest BCUT2D eigenvalue weighted by atomic mass is 16.5. The zero-order valence-electron chi connectivity index (χ0n) is 17.0. The predicted octanol–water partition coefficient (Wildman–Crippen LogP) is 3.39. The van der Waals surface area contributed by atoms with E-state index in [-0.39, 0.29) is 23.7 Å². The number of nitrogens with zero attached hydrogens (tertiary/aromatic N) is 4. The molecule has 0 saturated carbocycles. The number of nitrogens with one attached hydrogen (secondary N) is 1. The standard InChI is InChI=1S/C22H21N5O3/c1-14-8-17(6-7-24-14)30-18-5-4-15(9-16(18)11-23)12-29-20-10-19-26-22(2,3)13-27(19)21(28)25-20/h4-10,26H,12-13H2,1-3H3. The van der Waals surface area contributed by atoms with Crippen molar-refractivity contribution in [1.82, 2.24) is 14.5 Å². The highest BCUT2D eigenvalue weighted by Crippen LogP contribution is 2.28.